The molecule has 2 aromatic rings. The van der Waals surface area contributed by atoms with Crippen LogP contribution in [0.2, 0.25) is 0 Å². The van der Waals surface area contributed by atoms with Crippen LogP contribution in [0, 0.1) is 0 Å². The van der Waals surface area contributed by atoms with Gasteiger partial charge in [0.15, 0.2) is 6.10 Å². The maximum Gasteiger partial charge on any atom is 0.332 e. The van der Waals surface area contributed by atoms with E-state index >= 15 is 0 Å². The van der Waals surface area contributed by atoms with E-state index < -0.39 is 18.2 Å². The number of anilines is 1. The Bertz CT molecular complexity index is 686. The van der Waals surface area contributed by atoms with E-state index in [4.69, 9.17) is 9.84 Å². The third-order valence-corrected chi connectivity index (χ3v) is 4.18. The molecular weight excluding hydrogens is 304 g/mol. The Balaban J connectivity index is 1.71. The van der Waals surface area contributed by atoms with Crippen molar-refractivity contribution in [2.75, 3.05) is 5.32 Å². The van der Waals surface area contributed by atoms with Crippen molar-refractivity contribution >= 4 is 28.2 Å². The van der Waals surface area contributed by atoms with Crippen LogP contribution in [0.15, 0.2) is 35.8 Å². The van der Waals surface area contributed by atoms with Gasteiger partial charge in [0.25, 0.3) is 5.91 Å². The van der Waals surface area contributed by atoms with Gasteiger partial charge in [-0.25, -0.2) is 9.78 Å². The Morgan fingerprint density at radius 3 is 2.64 bits per heavy atom. The molecular formula is C15H14N2O4S. The molecule has 2 atom stereocenters. The molecule has 6 nitrogen and oxygen atoms in total. The van der Waals surface area contributed by atoms with Crippen LogP contribution in [0.1, 0.15) is 12.8 Å². The number of carbonyl (C=O) groups excluding carboxylic acids is 1. The number of thiazole rings is 1. The van der Waals surface area contributed by atoms with Gasteiger partial charge in [0.1, 0.15) is 16.8 Å². The maximum absolute atomic E-state index is 12.2. The molecule has 0 unspecified atom stereocenters. The van der Waals surface area contributed by atoms with E-state index in [1.54, 1.807) is 5.51 Å². The lowest BCUT2D eigenvalue weighted by atomic mass is 10.1. The zero-order valence-electron chi connectivity index (χ0n) is 11.6. The van der Waals surface area contributed by atoms with Gasteiger partial charge in [-0.2, -0.15) is 0 Å². The van der Waals surface area contributed by atoms with Crippen LogP contribution in [-0.4, -0.2) is 34.2 Å². The number of rotatable bonds is 4. The fraction of sp³-hybridized carbons (Fsp3) is 0.267. The average Bonchev–Trinajstić information content (AvgIpc) is 3.17. The lowest BCUT2D eigenvalue weighted by Gasteiger charge is -2.11. The Morgan fingerprint density at radius 2 is 1.95 bits per heavy atom. The summed E-state index contributed by atoms with van der Waals surface area (Å²) < 4.78 is 5.25. The zero-order chi connectivity index (χ0) is 15.5. The standard InChI is InChI=1S/C15H14N2O4S/c18-13(10-6-7-11(21-10)15(19)20)17-14-12(16-8-22-14)9-4-2-1-3-5-9/h1-5,8,10-11H,6-7H2,(H,17,18)(H,19,20)/t10-,11+/m1/s1. The number of aromatic nitrogens is 1. The highest BCUT2D eigenvalue weighted by Crippen LogP contribution is 2.31. The van der Waals surface area contributed by atoms with Crippen molar-refractivity contribution in [2.24, 2.45) is 0 Å². The molecule has 2 heterocycles. The van der Waals surface area contributed by atoms with Crippen molar-refractivity contribution in [3.8, 4) is 11.3 Å². The number of carboxylic acid groups (broad SMARTS) is 1. The van der Waals surface area contributed by atoms with E-state index in [0.29, 0.717) is 23.5 Å². The fourth-order valence-corrected chi connectivity index (χ4v) is 3.05. The second-order valence-electron chi connectivity index (χ2n) is 4.91. The predicted octanol–water partition coefficient (Wildman–Crippen LogP) is 2.38. The van der Waals surface area contributed by atoms with Crippen LogP contribution in [0.5, 0.6) is 0 Å². The third kappa shape index (κ3) is 3.00. The first kappa shape index (κ1) is 14.7. The topological polar surface area (TPSA) is 88.5 Å². The smallest absolute Gasteiger partial charge is 0.332 e. The number of amides is 1. The van der Waals surface area contributed by atoms with Gasteiger partial charge in [0.2, 0.25) is 0 Å². The lowest BCUT2D eigenvalue weighted by Crippen LogP contribution is -2.29. The van der Waals surface area contributed by atoms with Gasteiger partial charge in [-0.1, -0.05) is 30.3 Å². The number of ether oxygens (including phenoxy) is 1. The molecule has 0 saturated carbocycles. The first-order valence-electron chi connectivity index (χ1n) is 6.83. The summed E-state index contributed by atoms with van der Waals surface area (Å²) in [4.78, 5) is 27.4. The molecule has 1 saturated heterocycles. The molecule has 22 heavy (non-hydrogen) atoms. The van der Waals surface area contributed by atoms with Crippen LogP contribution in [0.3, 0.4) is 0 Å². The van der Waals surface area contributed by atoms with Gasteiger partial charge in [0, 0.05) is 5.56 Å². The number of aliphatic carboxylic acids is 1. The highest BCUT2D eigenvalue weighted by atomic mass is 32.1. The van der Waals surface area contributed by atoms with Gasteiger partial charge in [-0.15, -0.1) is 11.3 Å². The Labute approximate surface area is 130 Å². The van der Waals surface area contributed by atoms with Crippen LogP contribution < -0.4 is 5.32 Å². The molecule has 0 bridgehead atoms. The Kier molecular flexibility index (Phi) is 4.17. The van der Waals surface area contributed by atoms with Crippen molar-refractivity contribution in [3.05, 3.63) is 35.8 Å². The largest absolute Gasteiger partial charge is 0.479 e. The van der Waals surface area contributed by atoms with E-state index in [2.05, 4.69) is 10.3 Å². The summed E-state index contributed by atoms with van der Waals surface area (Å²) in [5.74, 6) is -1.36. The summed E-state index contributed by atoms with van der Waals surface area (Å²) >= 11 is 1.32. The van der Waals surface area contributed by atoms with Gasteiger partial charge in [0.05, 0.1) is 5.51 Å². The number of carbonyl (C=O) groups is 2. The predicted molar refractivity (Wildman–Crippen MR) is 81.7 cm³/mol. The molecule has 1 amide bonds. The molecule has 114 valence electrons. The maximum atomic E-state index is 12.2. The van der Waals surface area contributed by atoms with Gasteiger partial charge < -0.3 is 15.2 Å². The van der Waals surface area contributed by atoms with Crippen LogP contribution >= 0.6 is 11.3 Å². The molecule has 0 radical (unpaired) electrons. The minimum atomic E-state index is -1.03. The van der Waals surface area contributed by atoms with Crippen molar-refractivity contribution in [1.29, 1.82) is 0 Å². The van der Waals surface area contributed by atoms with Crippen molar-refractivity contribution in [1.82, 2.24) is 4.98 Å². The number of hydrogen-bond donors (Lipinski definition) is 2. The zero-order valence-corrected chi connectivity index (χ0v) is 12.4. The van der Waals surface area contributed by atoms with E-state index in [1.807, 2.05) is 30.3 Å². The number of nitrogens with zero attached hydrogens (tertiary/aromatic N) is 1. The summed E-state index contributed by atoms with van der Waals surface area (Å²) in [6.45, 7) is 0. The van der Waals surface area contributed by atoms with Crippen molar-refractivity contribution < 1.29 is 19.4 Å². The van der Waals surface area contributed by atoms with Crippen molar-refractivity contribution in [3.63, 3.8) is 0 Å². The molecule has 2 N–H and O–H groups in total. The summed E-state index contributed by atoms with van der Waals surface area (Å²) in [5, 5.41) is 12.3. The quantitative estimate of drug-likeness (QED) is 0.903. The molecule has 7 heteroatoms. The van der Waals surface area contributed by atoms with Crippen LogP contribution in [-0.2, 0) is 14.3 Å². The van der Waals surface area contributed by atoms with Crippen molar-refractivity contribution in [2.45, 2.75) is 25.0 Å². The molecule has 0 aliphatic carbocycles. The highest BCUT2D eigenvalue weighted by molar-refractivity contribution is 7.14. The summed E-state index contributed by atoms with van der Waals surface area (Å²) in [5.41, 5.74) is 3.27. The van der Waals surface area contributed by atoms with Crippen LogP contribution in [0.4, 0.5) is 5.00 Å². The summed E-state index contributed by atoms with van der Waals surface area (Å²) in [7, 11) is 0. The Morgan fingerprint density at radius 1 is 1.23 bits per heavy atom. The molecule has 3 rings (SSSR count). The molecule has 1 aliphatic heterocycles. The SMILES string of the molecule is O=C(O)[C@@H]1CC[C@H](C(=O)Nc2scnc2-c2ccccc2)O1. The number of hydrogen-bond acceptors (Lipinski definition) is 5. The second kappa shape index (κ2) is 6.25. The molecule has 0 spiro atoms. The molecule has 1 fully saturated rings. The lowest BCUT2D eigenvalue weighted by molar-refractivity contribution is -0.150. The minimum absolute atomic E-state index is 0.329. The van der Waals surface area contributed by atoms with Gasteiger partial charge in [-0.05, 0) is 12.8 Å². The molecule has 1 aromatic heterocycles. The fourth-order valence-electron chi connectivity index (χ4n) is 2.34. The monoisotopic (exact) mass is 318 g/mol. The third-order valence-electron chi connectivity index (χ3n) is 3.44. The average molecular weight is 318 g/mol. The number of carboxylic acids is 1. The highest BCUT2D eigenvalue weighted by Gasteiger charge is 2.35. The van der Waals surface area contributed by atoms with Crippen LogP contribution in [0.25, 0.3) is 11.3 Å². The first-order chi connectivity index (χ1) is 10.6. The minimum Gasteiger partial charge on any atom is -0.479 e. The van der Waals surface area contributed by atoms with E-state index in [0.717, 1.165) is 5.56 Å². The first-order valence-corrected chi connectivity index (χ1v) is 7.71. The molecule has 1 aliphatic rings. The number of benzene rings is 1. The normalized spacial score (nSPS) is 20.7. The van der Waals surface area contributed by atoms with Gasteiger partial charge in [-0.3, -0.25) is 4.79 Å². The Hall–Kier alpha value is -2.25. The second-order valence-corrected chi connectivity index (χ2v) is 5.77. The van der Waals surface area contributed by atoms with Gasteiger partial charge >= 0.3 is 5.97 Å². The molecule has 1 aromatic carbocycles. The van der Waals surface area contributed by atoms with E-state index in [-0.39, 0.29) is 5.91 Å². The summed E-state index contributed by atoms with van der Waals surface area (Å²) in [6, 6.07) is 9.54. The summed E-state index contributed by atoms with van der Waals surface area (Å²) in [6.07, 6.45) is -0.873. The van der Waals surface area contributed by atoms with E-state index in [1.165, 1.54) is 11.3 Å². The van der Waals surface area contributed by atoms with E-state index in [9.17, 15) is 9.59 Å². The number of nitrogens with one attached hydrogen (secondary N) is 1.